The van der Waals surface area contributed by atoms with Crippen LogP contribution < -0.4 is 0 Å². The van der Waals surface area contributed by atoms with E-state index in [0.29, 0.717) is 17.6 Å². The van der Waals surface area contributed by atoms with Gasteiger partial charge in [0.05, 0.1) is 0 Å². The van der Waals surface area contributed by atoms with Crippen molar-refractivity contribution in [1.29, 1.82) is 0 Å². The molecule has 3 heteroatoms. The molecule has 0 nitrogen and oxygen atoms in total. The molecule has 0 fully saturated rings. The summed E-state index contributed by atoms with van der Waals surface area (Å²) in [5, 5.41) is 0. The van der Waals surface area contributed by atoms with Crippen LogP contribution in [0.5, 0.6) is 0 Å². The van der Waals surface area contributed by atoms with E-state index < -0.39 is 0 Å². The van der Waals surface area contributed by atoms with Gasteiger partial charge in [-0.15, -0.1) is 0 Å². The highest BCUT2D eigenvalue weighted by Crippen LogP contribution is 2.10. The first-order valence-electron chi connectivity index (χ1n) is 4.87. The maximum atomic E-state index is 2.45. The molecule has 0 aliphatic carbocycles. The van der Waals surface area contributed by atoms with Crippen LogP contribution in [0.25, 0.3) is 0 Å². The fraction of sp³-hybridized carbons (Fsp3) is 0.333. The molecule has 0 aliphatic rings. The zero-order valence-electron chi connectivity index (χ0n) is 8.09. The monoisotopic (exact) mass is 210 g/mol. The van der Waals surface area contributed by atoms with Crippen molar-refractivity contribution in [2.45, 2.75) is 18.9 Å². The second-order valence-corrected chi connectivity index (χ2v) is 20.3. The summed E-state index contributed by atoms with van der Waals surface area (Å²) in [5.41, 5.74) is 2.61. The molecule has 0 bridgehead atoms. The summed E-state index contributed by atoms with van der Waals surface area (Å²) in [7, 11) is 2.49. The summed E-state index contributed by atoms with van der Waals surface area (Å²) in [6.45, 7) is 2.45. The summed E-state index contributed by atoms with van der Waals surface area (Å²) >= 11 is 0. The number of benzene rings is 1. The first kappa shape index (κ1) is 9.95. The van der Waals surface area contributed by atoms with Crippen LogP contribution in [0.1, 0.15) is 12.5 Å². The van der Waals surface area contributed by atoms with Crippen LogP contribution in [0, 0.1) is 0 Å². The molecule has 1 unspecified atom stereocenters. The highest BCUT2D eigenvalue weighted by atomic mass is 29.5. The topological polar surface area (TPSA) is 0 Å². The van der Waals surface area contributed by atoms with E-state index in [2.05, 4.69) is 37.3 Å². The summed E-state index contributed by atoms with van der Waals surface area (Å²) in [6.07, 6.45) is 1.35. The van der Waals surface area contributed by atoms with Gasteiger partial charge in [0.15, 0.2) is 0 Å². The summed E-state index contributed by atoms with van der Waals surface area (Å²) in [6, 6.07) is 10.9. The van der Waals surface area contributed by atoms with Crippen LogP contribution in [-0.4, -0.2) is 27.4 Å². The van der Waals surface area contributed by atoms with E-state index in [1.807, 2.05) is 0 Å². The van der Waals surface area contributed by atoms with E-state index in [1.54, 1.807) is 15.3 Å². The third kappa shape index (κ3) is 3.51. The molecule has 0 heterocycles. The predicted molar refractivity (Wildman–Crippen MR) is 66.6 cm³/mol. The van der Waals surface area contributed by atoms with Crippen molar-refractivity contribution in [2.24, 2.45) is 0 Å². The standard InChI is InChI=1S/C9H18Si3/c1-8(11-12-10)7-9-5-3-2-4-6-9/h2-6,8H,7,11-12H2,1,10H3. The lowest BCUT2D eigenvalue weighted by molar-refractivity contribution is 0.912. The Kier molecular flexibility index (Phi) is 4.57. The fourth-order valence-electron chi connectivity index (χ4n) is 1.61. The van der Waals surface area contributed by atoms with Crippen LogP contribution in [0.2, 0.25) is 5.54 Å². The van der Waals surface area contributed by atoms with E-state index in [0.717, 1.165) is 5.54 Å². The Bertz CT molecular complexity index is 210. The number of hydrogen-bond donors (Lipinski definition) is 0. The molecule has 66 valence electrons. The van der Waals surface area contributed by atoms with E-state index in [9.17, 15) is 0 Å². The third-order valence-electron chi connectivity index (χ3n) is 2.21. The van der Waals surface area contributed by atoms with Crippen molar-refractivity contribution in [3.05, 3.63) is 35.9 Å². The number of hydrogen-bond acceptors (Lipinski definition) is 0. The molecule has 0 aliphatic heterocycles. The third-order valence-corrected chi connectivity index (χ3v) is 13.9. The highest BCUT2D eigenvalue weighted by molar-refractivity contribution is 7.24. The van der Waals surface area contributed by atoms with Gasteiger partial charge >= 0.3 is 0 Å². The van der Waals surface area contributed by atoms with Crippen molar-refractivity contribution in [3.63, 3.8) is 0 Å². The van der Waals surface area contributed by atoms with Gasteiger partial charge in [-0.2, -0.15) is 0 Å². The molecule has 1 atom stereocenters. The van der Waals surface area contributed by atoms with Crippen LogP contribution in [0.3, 0.4) is 0 Å². The van der Waals surface area contributed by atoms with Crippen molar-refractivity contribution in [3.8, 4) is 0 Å². The van der Waals surface area contributed by atoms with E-state index in [4.69, 9.17) is 0 Å². The van der Waals surface area contributed by atoms with Crippen molar-refractivity contribution in [2.75, 3.05) is 0 Å². The first-order chi connectivity index (χ1) is 5.83. The Morgan fingerprint density at radius 3 is 2.58 bits per heavy atom. The molecule has 0 radical (unpaired) electrons. The Morgan fingerprint density at radius 1 is 1.33 bits per heavy atom. The minimum Gasteiger partial charge on any atom is -0.0654 e. The first-order valence-corrected chi connectivity index (χ1v) is 15.3. The van der Waals surface area contributed by atoms with Crippen LogP contribution in [0.15, 0.2) is 30.3 Å². The highest BCUT2D eigenvalue weighted by Gasteiger charge is 2.01. The second-order valence-electron chi connectivity index (χ2n) is 3.58. The largest absolute Gasteiger partial charge is 0.0654 e. The maximum Gasteiger partial charge on any atom is 0.00849 e. The molecule has 0 N–H and O–H groups in total. The zero-order chi connectivity index (χ0) is 8.81. The van der Waals surface area contributed by atoms with Crippen molar-refractivity contribution < 1.29 is 0 Å². The molecule has 1 aromatic carbocycles. The van der Waals surface area contributed by atoms with E-state index in [-0.39, 0.29) is 0 Å². The lowest BCUT2D eigenvalue weighted by Gasteiger charge is -2.08. The fourth-order valence-corrected chi connectivity index (χ4v) is 15.6. The molecule has 0 saturated heterocycles. The summed E-state index contributed by atoms with van der Waals surface area (Å²) in [5.74, 6) is 0. The van der Waals surface area contributed by atoms with E-state index in [1.165, 1.54) is 6.42 Å². The van der Waals surface area contributed by atoms with Crippen LogP contribution >= 0.6 is 0 Å². The van der Waals surface area contributed by atoms with Gasteiger partial charge in [-0.1, -0.05) is 42.8 Å². The maximum absolute atomic E-state index is 2.45. The van der Waals surface area contributed by atoms with Gasteiger partial charge < -0.3 is 0 Å². The normalized spacial score (nSPS) is 15.1. The predicted octanol–water partition coefficient (Wildman–Crippen LogP) is -0.430. The SMILES string of the molecule is CC(Cc1ccccc1)[SiH2][SiH2][SiH3]. The molecular formula is C9H18Si3. The summed E-state index contributed by atoms with van der Waals surface area (Å²) < 4.78 is 0. The molecule has 12 heavy (non-hydrogen) atoms. The average Bonchev–Trinajstić information content (AvgIpc) is 2.06. The van der Waals surface area contributed by atoms with Gasteiger partial charge in [-0.25, -0.2) is 0 Å². The van der Waals surface area contributed by atoms with Gasteiger partial charge in [0, 0.05) is 9.04 Å². The average molecular weight is 211 g/mol. The lowest BCUT2D eigenvalue weighted by Crippen LogP contribution is -2.11. The van der Waals surface area contributed by atoms with Gasteiger partial charge in [0.2, 0.25) is 0 Å². The Morgan fingerprint density at radius 2 is 2.00 bits per heavy atom. The van der Waals surface area contributed by atoms with Gasteiger partial charge in [0.25, 0.3) is 0 Å². The van der Waals surface area contributed by atoms with Crippen molar-refractivity contribution >= 4 is 27.4 Å². The Labute approximate surface area is 82.4 Å². The molecule has 1 rings (SSSR count). The number of rotatable bonds is 4. The molecule has 0 amide bonds. The molecular weight excluding hydrogens is 192 g/mol. The second kappa shape index (κ2) is 5.50. The minimum atomic E-state index is 0.403. The molecule has 0 saturated carbocycles. The summed E-state index contributed by atoms with van der Waals surface area (Å²) in [4.78, 5) is 0. The van der Waals surface area contributed by atoms with Gasteiger partial charge in [0.1, 0.15) is 0 Å². The Balaban J connectivity index is 2.41. The molecule has 0 aromatic heterocycles. The lowest BCUT2D eigenvalue weighted by atomic mass is 10.1. The molecule has 0 spiro atoms. The smallest absolute Gasteiger partial charge is 0.00849 e. The minimum absolute atomic E-state index is 0.403. The van der Waals surface area contributed by atoms with E-state index >= 15 is 0 Å². The van der Waals surface area contributed by atoms with Crippen LogP contribution in [-0.2, 0) is 6.42 Å². The molecule has 1 aromatic rings. The van der Waals surface area contributed by atoms with Crippen LogP contribution in [0.4, 0.5) is 0 Å². The van der Waals surface area contributed by atoms with Gasteiger partial charge in [-0.05, 0) is 30.3 Å². The Hall–Kier alpha value is -0.129. The zero-order valence-corrected chi connectivity index (χ0v) is 12.9. The van der Waals surface area contributed by atoms with Crippen molar-refractivity contribution in [1.82, 2.24) is 0 Å². The van der Waals surface area contributed by atoms with Gasteiger partial charge in [-0.3, -0.25) is 0 Å². The quantitative estimate of drug-likeness (QED) is 0.592.